The van der Waals surface area contributed by atoms with Gasteiger partial charge in [-0.25, -0.2) is 0 Å². The van der Waals surface area contributed by atoms with Gasteiger partial charge >= 0.3 is 5.69 Å². The number of anilines is 1. The van der Waals surface area contributed by atoms with Crippen LogP contribution in [0.2, 0.25) is 0 Å². The Kier molecular flexibility index (Phi) is 3.48. The first-order valence-corrected chi connectivity index (χ1v) is 7.00. The molecule has 1 aromatic carbocycles. The molecule has 6 heteroatoms. The monoisotopic (exact) mass is 277 g/mol. The number of hydrogen-bond donors (Lipinski definition) is 1. The van der Waals surface area contributed by atoms with E-state index in [-0.39, 0.29) is 5.69 Å². The fourth-order valence-electron chi connectivity index (χ4n) is 3.27. The number of ether oxygens (including phenoxy) is 1. The van der Waals surface area contributed by atoms with Gasteiger partial charge in [-0.3, -0.25) is 10.1 Å². The van der Waals surface area contributed by atoms with E-state index in [1.807, 2.05) is 6.07 Å². The predicted octanol–water partition coefficient (Wildman–Crippen LogP) is 1.79. The smallest absolute Gasteiger partial charge is 0.311 e. The Morgan fingerprint density at radius 1 is 1.45 bits per heavy atom. The molecule has 1 aromatic rings. The van der Waals surface area contributed by atoms with Gasteiger partial charge in [-0.15, -0.1) is 0 Å². The van der Waals surface area contributed by atoms with E-state index in [4.69, 9.17) is 4.74 Å². The fourth-order valence-corrected chi connectivity index (χ4v) is 3.27. The summed E-state index contributed by atoms with van der Waals surface area (Å²) in [6.07, 6.45) is 2.50. The highest BCUT2D eigenvalue weighted by Gasteiger charge is 2.34. The van der Waals surface area contributed by atoms with Crippen LogP contribution in [0.15, 0.2) is 18.2 Å². The van der Waals surface area contributed by atoms with Crippen LogP contribution in [-0.2, 0) is 0 Å². The van der Waals surface area contributed by atoms with E-state index in [0.717, 1.165) is 25.3 Å². The number of benzene rings is 1. The Morgan fingerprint density at radius 2 is 2.30 bits per heavy atom. The summed E-state index contributed by atoms with van der Waals surface area (Å²) in [4.78, 5) is 12.8. The highest BCUT2D eigenvalue weighted by atomic mass is 16.6. The van der Waals surface area contributed by atoms with Gasteiger partial charge in [-0.2, -0.15) is 0 Å². The highest BCUT2D eigenvalue weighted by molar-refractivity contribution is 5.60. The molecule has 0 bridgehead atoms. The summed E-state index contributed by atoms with van der Waals surface area (Å²) in [5.41, 5.74) is 1.02. The normalized spacial score (nSPS) is 25.4. The molecule has 0 aliphatic carbocycles. The lowest BCUT2D eigenvalue weighted by atomic mass is 9.94. The highest BCUT2D eigenvalue weighted by Crippen LogP contribution is 2.34. The van der Waals surface area contributed by atoms with Crippen molar-refractivity contribution in [2.24, 2.45) is 5.92 Å². The van der Waals surface area contributed by atoms with E-state index < -0.39 is 4.92 Å². The zero-order valence-electron chi connectivity index (χ0n) is 11.5. The van der Waals surface area contributed by atoms with Gasteiger partial charge in [0.2, 0.25) is 0 Å². The Bertz CT molecular complexity index is 506. The molecule has 2 aliphatic heterocycles. The first-order valence-electron chi connectivity index (χ1n) is 7.00. The lowest BCUT2D eigenvalue weighted by Crippen LogP contribution is -2.40. The number of hydrogen-bond acceptors (Lipinski definition) is 5. The average molecular weight is 277 g/mol. The van der Waals surface area contributed by atoms with Gasteiger partial charge in [0.15, 0.2) is 5.75 Å². The number of nitrogens with one attached hydrogen (secondary N) is 1. The molecule has 2 heterocycles. The van der Waals surface area contributed by atoms with Gasteiger partial charge in [0.1, 0.15) is 0 Å². The lowest BCUT2D eigenvalue weighted by Gasteiger charge is -2.24. The second kappa shape index (κ2) is 5.28. The minimum atomic E-state index is -0.409. The van der Waals surface area contributed by atoms with Gasteiger partial charge in [0.25, 0.3) is 0 Å². The molecule has 2 saturated heterocycles. The zero-order valence-corrected chi connectivity index (χ0v) is 11.5. The summed E-state index contributed by atoms with van der Waals surface area (Å²) in [6, 6.07) is 5.67. The molecular formula is C14H19N3O3. The molecule has 3 rings (SSSR count). The molecule has 20 heavy (non-hydrogen) atoms. The van der Waals surface area contributed by atoms with Crippen molar-refractivity contribution >= 4 is 11.4 Å². The van der Waals surface area contributed by atoms with Crippen molar-refractivity contribution in [2.75, 3.05) is 31.6 Å². The molecule has 0 aromatic heterocycles. The molecule has 2 fully saturated rings. The zero-order chi connectivity index (χ0) is 14.1. The van der Waals surface area contributed by atoms with Crippen LogP contribution < -0.4 is 15.0 Å². The third kappa shape index (κ3) is 2.31. The standard InChI is InChI=1S/C14H19N3O3/c1-20-14-7-11(4-5-13(14)17(18)19)16-8-10-3-2-6-15-12(10)9-16/h4-5,7,10,12,15H,2-3,6,8-9H2,1H3/t10-,12+/m0/s1. The molecule has 0 spiro atoms. The number of methoxy groups -OCH3 is 1. The largest absolute Gasteiger partial charge is 0.490 e. The maximum atomic E-state index is 10.9. The fraction of sp³-hybridized carbons (Fsp3) is 0.571. The average Bonchev–Trinajstić information content (AvgIpc) is 2.90. The maximum Gasteiger partial charge on any atom is 0.311 e. The summed E-state index contributed by atoms with van der Waals surface area (Å²) in [5, 5.41) is 14.5. The lowest BCUT2D eigenvalue weighted by molar-refractivity contribution is -0.385. The molecule has 2 atom stereocenters. The number of fused-ring (bicyclic) bond motifs is 1. The van der Waals surface area contributed by atoms with E-state index >= 15 is 0 Å². The first-order chi connectivity index (χ1) is 9.69. The Hall–Kier alpha value is -1.82. The van der Waals surface area contributed by atoms with E-state index in [1.54, 1.807) is 6.07 Å². The van der Waals surface area contributed by atoms with Crippen LogP contribution in [0.4, 0.5) is 11.4 Å². The van der Waals surface area contributed by atoms with Gasteiger partial charge in [-0.1, -0.05) is 0 Å². The van der Waals surface area contributed by atoms with Crippen molar-refractivity contribution in [3.8, 4) is 5.75 Å². The summed E-state index contributed by atoms with van der Waals surface area (Å²) in [6.45, 7) is 3.07. The molecule has 1 N–H and O–H groups in total. The van der Waals surface area contributed by atoms with Crippen molar-refractivity contribution in [3.63, 3.8) is 0 Å². The van der Waals surface area contributed by atoms with E-state index in [2.05, 4.69) is 10.2 Å². The number of nitro benzene ring substituents is 1. The quantitative estimate of drug-likeness (QED) is 0.674. The third-order valence-corrected chi connectivity index (χ3v) is 4.32. The summed E-state index contributed by atoms with van der Waals surface area (Å²) >= 11 is 0. The minimum absolute atomic E-state index is 0.0194. The van der Waals surface area contributed by atoms with Crippen LogP contribution in [0, 0.1) is 16.0 Å². The SMILES string of the molecule is COc1cc(N2C[C@@H]3CCCN[C@@H]3C2)ccc1[N+](=O)[O-]. The van der Waals surface area contributed by atoms with Gasteiger partial charge in [0, 0.05) is 37.0 Å². The minimum Gasteiger partial charge on any atom is -0.490 e. The van der Waals surface area contributed by atoms with E-state index in [9.17, 15) is 10.1 Å². The van der Waals surface area contributed by atoms with Crippen molar-refractivity contribution in [1.29, 1.82) is 0 Å². The molecule has 2 aliphatic rings. The first kappa shape index (κ1) is 13.2. The van der Waals surface area contributed by atoms with Crippen LogP contribution in [0.25, 0.3) is 0 Å². The second-order valence-corrected chi connectivity index (χ2v) is 5.48. The topological polar surface area (TPSA) is 67.6 Å². The van der Waals surface area contributed by atoms with Crippen molar-refractivity contribution in [2.45, 2.75) is 18.9 Å². The van der Waals surface area contributed by atoms with Crippen LogP contribution in [0.1, 0.15) is 12.8 Å². The van der Waals surface area contributed by atoms with Crippen LogP contribution >= 0.6 is 0 Å². The van der Waals surface area contributed by atoms with Crippen LogP contribution in [-0.4, -0.2) is 37.7 Å². The van der Waals surface area contributed by atoms with Crippen LogP contribution in [0.3, 0.4) is 0 Å². The molecule has 108 valence electrons. The molecule has 0 amide bonds. The summed E-state index contributed by atoms with van der Waals surface area (Å²) in [5.74, 6) is 1.01. The van der Waals surface area contributed by atoms with Crippen molar-refractivity contribution < 1.29 is 9.66 Å². The molecular weight excluding hydrogens is 258 g/mol. The third-order valence-electron chi connectivity index (χ3n) is 4.32. The Balaban J connectivity index is 1.82. The Labute approximate surface area is 117 Å². The summed E-state index contributed by atoms with van der Waals surface area (Å²) < 4.78 is 5.14. The Morgan fingerprint density at radius 3 is 3.00 bits per heavy atom. The maximum absolute atomic E-state index is 10.9. The number of rotatable bonds is 3. The van der Waals surface area contributed by atoms with E-state index in [0.29, 0.717) is 17.7 Å². The van der Waals surface area contributed by atoms with Gasteiger partial charge in [-0.05, 0) is 31.4 Å². The van der Waals surface area contributed by atoms with E-state index in [1.165, 1.54) is 26.0 Å². The summed E-state index contributed by atoms with van der Waals surface area (Å²) in [7, 11) is 1.47. The number of piperidine rings is 1. The van der Waals surface area contributed by atoms with Gasteiger partial charge < -0.3 is 15.0 Å². The number of nitrogens with zero attached hydrogens (tertiary/aromatic N) is 2. The molecule has 6 nitrogen and oxygen atoms in total. The van der Waals surface area contributed by atoms with Crippen LogP contribution in [0.5, 0.6) is 5.75 Å². The second-order valence-electron chi connectivity index (χ2n) is 5.48. The number of nitro groups is 1. The molecule has 0 saturated carbocycles. The molecule has 0 radical (unpaired) electrons. The predicted molar refractivity (Wildman–Crippen MR) is 76.4 cm³/mol. The molecule has 0 unspecified atom stereocenters. The van der Waals surface area contributed by atoms with Gasteiger partial charge in [0.05, 0.1) is 12.0 Å². The van der Waals surface area contributed by atoms with Crippen molar-refractivity contribution in [1.82, 2.24) is 5.32 Å². The van der Waals surface area contributed by atoms with Crippen molar-refractivity contribution in [3.05, 3.63) is 28.3 Å².